The summed E-state index contributed by atoms with van der Waals surface area (Å²) in [5, 5.41) is 5.24. The van der Waals surface area contributed by atoms with Gasteiger partial charge in [-0.05, 0) is 36.4 Å². The van der Waals surface area contributed by atoms with Gasteiger partial charge in [-0.3, -0.25) is 10.1 Å². The molecule has 0 aliphatic rings. The molecule has 0 aliphatic heterocycles. The molecule has 0 fully saturated rings. The normalized spacial score (nSPS) is 10.5. The van der Waals surface area contributed by atoms with Gasteiger partial charge in [-0.1, -0.05) is 11.6 Å². The molecule has 0 spiro atoms. The molecule has 1 aromatic carbocycles. The number of hydrogen-bond acceptors (Lipinski definition) is 5. The summed E-state index contributed by atoms with van der Waals surface area (Å²) in [6, 6.07) is 10.7. The lowest BCUT2D eigenvalue weighted by atomic mass is 10.2. The number of thiophene rings is 1. The average molecular weight is 351 g/mol. The van der Waals surface area contributed by atoms with Gasteiger partial charge < -0.3 is 4.74 Å². The SMILES string of the molecule is COc1ccc(C(=O)Nc2nc(-c3ccc(Cl)s3)cs2)cc1. The Morgan fingerprint density at radius 2 is 2.00 bits per heavy atom. The van der Waals surface area contributed by atoms with E-state index < -0.39 is 0 Å². The third kappa shape index (κ3) is 3.30. The number of anilines is 1. The first-order chi connectivity index (χ1) is 10.7. The van der Waals surface area contributed by atoms with E-state index in [1.54, 1.807) is 31.4 Å². The van der Waals surface area contributed by atoms with Gasteiger partial charge in [-0.2, -0.15) is 0 Å². The quantitative estimate of drug-likeness (QED) is 0.736. The number of hydrogen-bond donors (Lipinski definition) is 1. The molecule has 0 unspecified atom stereocenters. The second-order valence-electron chi connectivity index (χ2n) is 4.32. The van der Waals surface area contributed by atoms with Crippen molar-refractivity contribution >= 4 is 45.3 Å². The Labute approximate surface area is 140 Å². The molecule has 0 bridgehead atoms. The Kier molecular flexibility index (Phi) is 4.42. The van der Waals surface area contributed by atoms with E-state index >= 15 is 0 Å². The third-order valence-electron chi connectivity index (χ3n) is 2.90. The Morgan fingerprint density at radius 3 is 2.64 bits per heavy atom. The van der Waals surface area contributed by atoms with Gasteiger partial charge in [0, 0.05) is 10.9 Å². The molecule has 0 radical (unpaired) electrons. The number of nitrogens with zero attached hydrogens (tertiary/aromatic N) is 1. The summed E-state index contributed by atoms with van der Waals surface area (Å²) in [7, 11) is 1.59. The fourth-order valence-corrected chi connectivity index (χ4v) is 3.59. The number of ether oxygens (including phenoxy) is 1. The van der Waals surface area contributed by atoms with Gasteiger partial charge in [0.05, 0.1) is 22.0 Å². The van der Waals surface area contributed by atoms with E-state index in [0.29, 0.717) is 20.8 Å². The van der Waals surface area contributed by atoms with Crippen LogP contribution < -0.4 is 10.1 Å². The number of methoxy groups -OCH3 is 1. The predicted octanol–water partition coefficient (Wildman–Crippen LogP) is 4.79. The molecule has 0 atom stereocenters. The minimum Gasteiger partial charge on any atom is -0.497 e. The second kappa shape index (κ2) is 6.48. The van der Waals surface area contributed by atoms with Crippen molar-refractivity contribution < 1.29 is 9.53 Å². The number of rotatable bonds is 4. The zero-order chi connectivity index (χ0) is 15.5. The molecule has 0 saturated heterocycles. The van der Waals surface area contributed by atoms with Gasteiger partial charge in [-0.25, -0.2) is 4.98 Å². The van der Waals surface area contributed by atoms with E-state index in [-0.39, 0.29) is 5.91 Å². The minimum atomic E-state index is -0.201. The number of aromatic nitrogens is 1. The van der Waals surface area contributed by atoms with Crippen LogP contribution in [0.3, 0.4) is 0 Å². The Morgan fingerprint density at radius 1 is 1.23 bits per heavy atom. The van der Waals surface area contributed by atoms with Crippen LogP contribution in [0.15, 0.2) is 41.8 Å². The zero-order valence-corrected chi connectivity index (χ0v) is 13.9. The topological polar surface area (TPSA) is 51.2 Å². The summed E-state index contributed by atoms with van der Waals surface area (Å²) in [4.78, 5) is 17.5. The van der Waals surface area contributed by atoms with Crippen molar-refractivity contribution in [1.82, 2.24) is 4.98 Å². The maximum absolute atomic E-state index is 12.2. The molecule has 2 aromatic heterocycles. The van der Waals surface area contributed by atoms with E-state index in [9.17, 15) is 4.79 Å². The molecular weight excluding hydrogens is 340 g/mol. The molecule has 22 heavy (non-hydrogen) atoms. The van der Waals surface area contributed by atoms with Crippen LogP contribution in [0, 0.1) is 0 Å². The van der Waals surface area contributed by atoms with Crippen LogP contribution in [0.5, 0.6) is 5.75 Å². The van der Waals surface area contributed by atoms with E-state index in [0.717, 1.165) is 10.6 Å². The summed E-state index contributed by atoms with van der Waals surface area (Å²) in [6.45, 7) is 0. The van der Waals surface area contributed by atoms with Gasteiger partial charge >= 0.3 is 0 Å². The first-order valence-electron chi connectivity index (χ1n) is 6.32. The standard InChI is InChI=1S/C15H11ClN2O2S2/c1-20-10-4-2-9(3-5-10)14(19)18-15-17-11(8-21-15)12-6-7-13(16)22-12/h2-8H,1H3,(H,17,18,19). The molecule has 0 aliphatic carbocycles. The molecule has 4 nitrogen and oxygen atoms in total. The number of halogens is 1. The van der Waals surface area contributed by atoms with E-state index in [1.807, 2.05) is 17.5 Å². The van der Waals surface area contributed by atoms with Crippen LogP contribution in [0.1, 0.15) is 10.4 Å². The maximum Gasteiger partial charge on any atom is 0.257 e. The molecule has 3 rings (SSSR count). The molecule has 2 heterocycles. The van der Waals surface area contributed by atoms with Crippen LogP contribution in [0.25, 0.3) is 10.6 Å². The van der Waals surface area contributed by atoms with Gasteiger partial charge in [0.25, 0.3) is 5.91 Å². The lowest BCUT2D eigenvalue weighted by Gasteiger charge is -2.03. The number of thiazole rings is 1. The highest BCUT2D eigenvalue weighted by Crippen LogP contribution is 2.32. The summed E-state index contributed by atoms with van der Waals surface area (Å²) in [6.07, 6.45) is 0. The summed E-state index contributed by atoms with van der Waals surface area (Å²) < 4.78 is 5.78. The Bertz CT molecular complexity index is 796. The molecule has 112 valence electrons. The van der Waals surface area contributed by atoms with Crippen LogP contribution in [0.2, 0.25) is 4.34 Å². The summed E-state index contributed by atoms with van der Waals surface area (Å²) in [5.74, 6) is 0.510. The number of nitrogens with one attached hydrogen (secondary N) is 1. The van der Waals surface area contributed by atoms with Crippen molar-refractivity contribution in [2.75, 3.05) is 12.4 Å². The molecule has 7 heteroatoms. The maximum atomic E-state index is 12.2. The first kappa shape index (κ1) is 15.0. The van der Waals surface area contributed by atoms with Crippen LogP contribution in [-0.4, -0.2) is 18.0 Å². The van der Waals surface area contributed by atoms with Crippen molar-refractivity contribution in [3.05, 3.63) is 51.7 Å². The smallest absolute Gasteiger partial charge is 0.257 e. The van der Waals surface area contributed by atoms with E-state index in [2.05, 4.69) is 10.3 Å². The van der Waals surface area contributed by atoms with E-state index in [1.165, 1.54) is 22.7 Å². The Balaban J connectivity index is 1.72. The lowest BCUT2D eigenvalue weighted by molar-refractivity contribution is 0.102. The summed E-state index contributed by atoms with van der Waals surface area (Å²) >= 11 is 8.76. The fraction of sp³-hybridized carbons (Fsp3) is 0.0667. The highest BCUT2D eigenvalue weighted by Gasteiger charge is 2.11. The lowest BCUT2D eigenvalue weighted by Crippen LogP contribution is -2.11. The number of carbonyl (C=O) groups is 1. The van der Waals surface area contributed by atoms with Crippen molar-refractivity contribution in [2.24, 2.45) is 0 Å². The van der Waals surface area contributed by atoms with Crippen LogP contribution >= 0.6 is 34.3 Å². The second-order valence-corrected chi connectivity index (χ2v) is 6.90. The molecular formula is C15H11ClN2O2S2. The van der Waals surface area contributed by atoms with Crippen molar-refractivity contribution in [1.29, 1.82) is 0 Å². The molecule has 1 N–H and O–H groups in total. The van der Waals surface area contributed by atoms with E-state index in [4.69, 9.17) is 16.3 Å². The minimum absolute atomic E-state index is 0.201. The zero-order valence-electron chi connectivity index (χ0n) is 11.5. The van der Waals surface area contributed by atoms with Crippen molar-refractivity contribution in [3.8, 4) is 16.3 Å². The van der Waals surface area contributed by atoms with Gasteiger partial charge in [0.1, 0.15) is 5.75 Å². The largest absolute Gasteiger partial charge is 0.497 e. The van der Waals surface area contributed by atoms with Gasteiger partial charge in [-0.15, -0.1) is 22.7 Å². The van der Waals surface area contributed by atoms with Crippen molar-refractivity contribution in [3.63, 3.8) is 0 Å². The summed E-state index contributed by atoms with van der Waals surface area (Å²) in [5.41, 5.74) is 1.36. The van der Waals surface area contributed by atoms with Gasteiger partial charge in [0.2, 0.25) is 0 Å². The number of benzene rings is 1. The van der Waals surface area contributed by atoms with Crippen LogP contribution in [-0.2, 0) is 0 Å². The molecule has 3 aromatic rings. The first-order valence-corrected chi connectivity index (χ1v) is 8.40. The molecule has 0 saturated carbocycles. The predicted molar refractivity (Wildman–Crippen MR) is 91.4 cm³/mol. The highest BCUT2D eigenvalue weighted by molar-refractivity contribution is 7.20. The Hall–Kier alpha value is -1.89. The van der Waals surface area contributed by atoms with Crippen molar-refractivity contribution in [2.45, 2.75) is 0 Å². The monoisotopic (exact) mass is 350 g/mol. The fourth-order valence-electron chi connectivity index (χ4n) is 1.81. The third-order valence-corrected chi connectivity index (χ3v) is 4.91. The van der Waals surface area contributed by atoms with Gasteiger partial charge in [0.15, 0.2) is 5.13 Å². The highest BCUT2D eigenvalue weighted by atomic mass is 35.5. The molecule has 1 amide bonds. The average Bonchev–Trinajstić information content (AvgIpc) is 3.16. The number of amides is 1. The number of carbonyl (C=O) groups excluding carboxylic acids is 1. The van der Waals surface area contributed by atoms with Crippen LogP contribution in [0.4, 0.5) is 5.13 Å².